The van der Waals surface area contributed by atoms with E-state index in [2.05, 4.69) is 9.05 Å². The molecule has 0 aliphatic heterocycles. The van der Waals surface area contributed by atoms with Crippen molar-refractivity contribution in [3.63, 3.8) is 0 Å². The number of halogens is 3. The third-order valence-electron chi connectivity index (χ3n) is 1.98. The number of aliphatic hydroxyl groups is 1. The number of hydrogen-bond acceptors (Lipinski definition) is 5. The maximum Gasteiger partial charge on any atom is 0.416 e. The average Bonchev–Trinajstić information content (AvgIpc) is 2.27. The number of benzene rings is 1. The molecule has 1 rings (SSSR count). The summed E-state index contributed by atoms with van der Waals surface area (Å²) in [4.78, 5) is 17.2. The van der Waals surface area contributed by atoms with Crippen LogP contribution in [0.2, 0.25) is 0 Å². The van der Waals surface area contributed by atoms with Crippen LogP contribution in [0.4, 0.5) is 13.2 Å². The van der Waals surface area contributed by atoms with Crippen LogP contribution in [-0.4, -0.2) is 14.9 Å². The Morgan fingerprint density at radius 3 is 2.16 bits per heavy atom. The van der Waals surface area contributed by atoms with Crippen molar-refractivity contribution >= 4 is 17.3 Å². The van der Waals surface area contributed by atoms with E-state index >= 15 is 0 Å². The van der Waals surface area contributed by atoms with E-state index in [-0.39, 0.29) is 0 Å². The Morgan fingerprint density at radius 1 is 1.21 bits per heavy atom. The molecule has 3 unspecified atom stereocenters. The van der Waals surface area contributed by atoms with Crippen LogP contribution >= 0.6 is 17.3 Å². The van der Waals surface area contributed by atoms with Crippen LogP contribution in [0.25, 0.3) is 0 Å². The molecule has 0 radical (unpaired) electrons. The van der Waals surface area contributed by atoms with Crippen molar-refractivity contribution in [1.29, 1.82) is 0 Å². The van der Waals surface area contributed by atoms with E-state index in [0.29, 0.717) is 6.07 Å². The van der Waals surface area contributed by atoms with E-state index < -0.39 is 40.6 Å². The molecule has 3 N–H and O–H groups in total. The Hall–Kier alpha value is -0.530. The van der Waals surface area contributed by atoms with E-state index in [1.54, 1.807) is 0 Å². The van der Waals surface area contributed by atoms with Crippen molar-refractivity contribution in [3.8, 4) is 0 Å². The molecule has 0 heterocycles. The van der Waals surface area contributed by atoms with Gasteiger partial charge in [0.25, 0.3) is 0 Å². The van der Waals surface area contributed by atoms with Gasteiger partial charge in [-0.15, -0.1) is 0 Å². The third-order valence-corrected chi connectivity index (χ3v) is 2.80. The van der Waals surface area contributed by atoms with E-state index in [9.17, 15) is 22.8 Å². The Bertz CT molecular complexity index is 468. The fourth-order valence-corrected chi connectivity index (χ4v) is 2.06. The van der Waals surface area contributed by atoms with Gasteiger partial charge >= 0.3 is 20.4 Å². The van der Waals surface area contributed by atoms with Crippen LogP contribution in [0.1, 0.15) is 11.1 Å². The molecule has 0 spiro atoms. The minimum absolute atomic E-state index is 0.627. The standard InChI is InChI=1S/C8H9F3O6P2/c9-7(10,11)5-3-1-2-4-6(5)8(12,16-18-13)17-19(14)15/h1-4,12-13,18-19H,(H,14,15). The summed E-state index contributed by atoms with van der Waals surface area (Å²) in [6.07, 6.45) is -4.85. The highest BCUT2D eigenvalue weighted by Crippen LogP contribution is 2.43. The molecule has 0 saturated carbocycles. The number of rotatable bonds is 5. The summed E-state index contributed by atoms with van der Waals surface area (Å²) in [6.45, 7) is 0. The summed E-state index contributed by atoms with van der Waals surface area (Å²) in [5.41, 5.74) is -2.25. The molecule has 108 valence electrons. The van der Waals surface area contributed by atoms with Gasteiger partial charge in [0.05, 0.1) is 11.1 Å². The van der Waals surface area contributed by atoms with Gasteiger partial charge in [0.1, 0.15) is 0 Å². The summed E-state index contributed by atoms with van der Waals surface area (Å²) < 4.78 is 57.1. The van der Waals surface area contributed by atoms with Crippen LogP contribution in [0.15, 0.2) is 24.3 Å². The van der Waals surface area contributed by atoms with Gasteiger partial charge < -0.3 is 14.9 Å². The van der Waals surface area contributed by atoms with Gasteiger partial charge in [0, 0.05) is 0 Å². The van der Waals surface area contributed by atoms with Gasteiger partial charge in [0.2, 0.25) is 0 Å². The van der Waals surface area contributed by atoms with Gasteiger partial charge in [-0.3, -0.25) is 9.09 Å². The molecule has 1 aromatic carbocycles. The van der Waals surface area contributed by atoms with Gasteiger partial charge in [-0.2, -0.15) is 13.2 Å². The third kappa shape index (κ3) is 4.22. The molecule has 0 fully saturated rings. The van der Waals surface area contributed by atoms with E-state index in [0.717, 1.165) is 18.2 Å². The van der Waals surface area contributed by atoms with Gasteiger partial charge in [-0.25, -0.2) is 4.52 Å². The largest absolute Gasteiger partial charge is 0.416 e. The summed E-state index contributed by atoms with van der Waals surface area (Å²) in [5.74, 6) is -3.16. The quantitative estimate of drug-likeness (QED) is 0.565. The topological polar surface area (TPSA) is 96.2 Å². The molecular weight excluding hydrogens is 311 g/mol. The normalized spacial score (nSPS) is 17.6. The first-order valence-corrected chi connectivity index (χ1v) is 6.70. The second-order valence-electron chi connectivity index (χ2n) is 3.19. The molecule has 11 heteroatoms. The second kappa shape index (κ2) is 6.28. The SMILES string of the molecule is O=[PH](O)OC(O)(OPO)c1ccccc1C(F)(F)F. The van der Waals surface area contributed by atoms with E-state index in [4.69, 9.17) is 9.79 Å². The lowest BCUT2D eigenvalue weighted by Crippen LogP contribution is -2.31. The van der Waals surface area contributed by atoms with Crippen molar-refractivity contribution in [2.75, 3.05) is 0 Å². The first-order chi connectivity index (χ1) is 8.70. The maximum absolute atomic E-state index is 12.7. The molecule has 0 amide bonds. The smallest absolute Gasteiger partial charge is 0.352 e. The van der Waals surface area contributed by atoms with Gasteiger partial charge in [-0.05, 0) is 6.07 Å². The lowest BCUT2D eigenvalue weighted by Gasteiger charge is -2.27. The lowest BCUT2D eigenvalue weighted by atomic mass is 10.1. The first kappa shape index (κ1) is 16.5. The molecule has 19 heavy (non-hydrogen) atoms. The molecule has 0 aliphatic rings. The van der Waals surface area contributed by atoms with Crippen molar-refractivity contribution in [3.05, 3.63) is 35.4 Å². The fraction of sp³-hybridized carbons (Fsp3) is 0.250. The van der Waals surface area contributed by atoms with Crippen LogP contribution < -0.4 is 0 Å². The molecule has 1 aromatic rings. The highest BCUT2D eigenvalue weighted by atomic mass is 31.1. The van der Waals surface area contributed by atoms with Crippen molar-refractivity contribution in [2.24, 2.45) is 0 Å². The summed E-state index contributed by atoms with van der Waals surface area (Å²) >= 11 is 0. The van der Waals surface area contributed by atoms with Gasteiger partial charge in [-0.1, -0.05) is 18.2 Å². The summed E-state index contributed by atoms with van der Waals surface area (Å²) in [5, 5.41) is 9.77. The lowest BCUT2D eigenvalue weighted by molar-refractivity contribution is -0.285. The zero-order valence-electron chi connectivity index (χ0n) is 9.01. The zero-order valence-corrected chi connectivity index (χ0v) is 11.0. The Kier molecular flexibility index (Phi) is 5.46. The summed E-state index contributed by atoms with van der Waals surface area (Å²) in [7, 11) is -5.28. The van der Waals surface area contributed by atoms with E-state index in [1.165, 1.54) is 0 Å². The van der Waals surface area contributed by atoms with Crippen molar-refractivity contribution in [2.45, 2.75) is 12.1 Å². The van der Waals surface area contributed by atoms with Gasteiger partial charge in [0.15, 0.2) is 9.03 Å². The maximum atomic E-state index is 12.7. The molecule has 0 bridgehead atoms. The molecule has 0 aliphatic carbocycles. The molecule has 0 aromatic heterocycles. The van der Waals surface area contributed by atoms with E-state index in [1.807, 2.05) is 0 Å². The Morgan fingerprint density at radius 2 is 1.74 bits per heavy atom. The highest BCUT2D eigenvalue weighted by Gasteiger charge is 2.43. The minimum Gasteiger partial charge on any atom is -0.352 e. The van der Waals surface area contributed by atoms with Crippen LogP contribution in [0, 0.1) is 0 Å². The second-order valence-corrected chi connectivity index (χ2v) is 4.31. The molecule has 6 nitrogen and oxygen atoms in total. The van der Waals surface area contributed by atoms with Crippen LogP contribution in [0.5, 0.6) is 0 Å². The Balaban J connectivity index is 3.34. The number of alkyl halides is 3. The fourth-order valence-electron chi connectivity index (χ4n) is 1.32. The molecule has 0 saturated heterocycles. The minimum atomic E-state index is -4.85. The monoisotopic (exact) mass is 320 g/mol. The van der Waals surface area contributed by atoms with Crippen LogP contribution in [0.3, 0.4) is 0 Å². The number of hydrogen-bond donors (Lipinski definition) is 3. The van der Waals surface area contributed by atoms with Crippen LogP contribution in [-0.2, 0) is 25.8 Å². The zero-order chi connectivity index (χ0) is 14.7. The average molecular weight is 320 g/mol. The first-order valence-electron chi connectivity index (χ1n) is 4.59. The summed E-state index contributed by atoms with van der Waals surface area (Å²) in [6, 6.07) is 3.61. The highest BCUT2D eigenvalue weighted by molar-refractivity contribution is 7.32. The predicted octanol–water partition coefficient (Wildman–Crippen LogP) is 1.72. The predicted molar refractivity (Wildman–Crippen MR) is 59.3 cm³/mol. The van der Waals surface area contributed by atoms with Crippen molar-refractivity contribution in [1.82, 2.24) is 0 Å². The Labute approximate surface area is 107 Å². The van der Waals surface area contributed by atoms with Crippen molar-refractivity contribution < 1.29 is 41.7 Å². The molecular formula is C8H9F3O6P2. The molecule has 3 atom stereocenters.